The molecule has 0 aliphatic heterocycles. The number of nitro benzene ring substituents is 1. The first kappa shape index (κ1) is 31.9. The Hall–Kier alpha value is -3.67. The third kappa shape index (κ3) is 8.18. The molecule has 10 nitrogen and oxygen atoms in total. The highest BCUT2D eigenvalue weighted by Crippen LogP contribution is 2.28. The zero-order valence-electron chi connectivity index (χ0n) is 22.9. The Morgan fingerprint density at radius 1 is 1.00 bits per heavy atom. The molecule has 0 saturated heterocycles. The van der Waals surface area contributed by atoms with E-state index in [0.29, 0.717) is 10.6 Å². The van der Waals surface area contributed by atoms with Crippen LogP contribution in [0.5, 0.6) is 0 Å². The highest BCUT2D eigenvalue weighted by Gasteiger charge is 2.33. The van der Waals surface area contributed by atoms with Crippen LogP contribution < -0.4 is 9.62 Å². The van der Waals surface area contributed by atoms with Crippen molar-refractivity contribution in [3.8, 4) is 0 Å². The Balaban J connectivity index is 2.07. The minimum absolute atomic E-state index is 0.0316. The number of hydrogen-bond acceptors (Lipinski definition) is 6. The molecule has 3 aromatic carbocycles. The molecule has 1 N–H and O–H groups in total. The number of nitrogens with zero attached hydrogens (tertiary/aromatic N) is 3. The predicted octanol–water partition coefficient (Wildman–Crippen LogP) is 5.43. The summed E-state index contributed by atoms with van der Waals surface area (Å²) in [5.41, 5.74) is -0.320. The van der Waals surface area contributed by atoms with Crippen LogP contribution in [0, 0.1) is 10.1 Å². The maximum atomic E-state index is 13.9. The van der Waals surface area contributed by atoms with E-state index < -0.39 is 44.9 Å². The molecular formula is C28H30Cl2N4O6S. The van der Waals surface area contributed by atoms with E-state index in [9.17, 15) is 28.1 Å². The molecule has 218 valence electrons. The van der Waals surface area contributed by atoms with Gasteiger partial charge in [0.1, 0.15) is 12.6 Å². The molecule has 13 heteroatoms. The van der Waals surface area contributed by atoms with Gasteiger partial charge < -0.3 is 10.2 Å². The fraction of sp³-hybridized carbons (Fsp3) is 0.286. The van der Waals surface area contributed by atoms with Gasteiger partial charge in [-0.15, -0.1) is 0 Å². The van der Waals surface area contributed by atoms with Crippen LogP contribution in [-0.4, -0.2) is 48.2 Å². The van der Waals surface area contributed by atoms with Crippen molar-refractivity contribution in [2.75, 3.05) is 10.8 Å². The monoisotopic (exact) mass is 620 g/mol. The lowest BCUT2D eigenvalue weighted by Gasteiger charge is -2.33. The summed E-state index contributed by atoms with van der Waals surface area (Å²) in [6, 6.07) is 16.0. The fourth-order valence-corrected chi connectivity index (χ4v) is 5.78. The number of sulfonamides is 1. The molecule has 0 radical (unpaired) electrons. The highest BCUT2D eigenvalue weighted by atomic mass is 35.5. The van der Waals surface area contributed by atoms with Gasteiger partial charge in [0.15, 0.2) is 0 Å². The smallest absolute Gasteiger partial charge is 0.269 e. The number of rotatable bonds is 10. The third-order valence-electron chi connectivity index (χ3n) is 5.98. The fourth-order valence-electron chi connectivity index (χ4n) is 3.88. The molecule has 3 rings (SSSR count). The summed E-state index contributed by atoms with van der Waals surface area (Å²) < 4.78 is 28.4. The van der Waals surface area contributed by atoms with Gasteiger partial charge in [-0.2, -0.15) is 0 Å². The van der Waals surface area contributed by atoms with Crippen molar-refractivity contribution in [1.29, 1.82) is 0 Å². The van der Waals surface area contributed by atoms with Crippen molar-refractivity contribution >= 4 is 56.4 Å². The number of carbonyl (C=O) groups is 2. The van der Waals surface area contributed by atoms with Gasteiger partial charge in [-0.05, 0) is 69.7 Å². The second kappa shape index (κ2) is 12.9. The van der Waals surface area contributed by atoms with Crippen molar-refractivity contribution in [2.24, 2.45) is 0 Å². The lowest BCUT2D eigenvalue weighted by atomic mass is 10.1. The van der Waals surface area contributed by atoms with Crippen LogP contribution in [0.25, 0.3) is 0 Å². The van der Waals surface area contributed by atoms with Gasteiger partial charge in [0, 0.05) is 34.3 Å². The lowest BCUT2D eigenvalue weighted by molar-refractivity contribution is -0.384. The summed E-state index contributed by atoms with van der Waals surface area (Å²) in [4.78, 5) is 38.8. The van der Waals surface area contributed by atoms with E-state index in [2.05, 4.69) is 5.32 Å². The summed E-state index contributed by atoms with van der Waals surface area (Å²) in [5.74, 6) is -1.16. The second-order valence-corrected chi connectivity index (χ2v) is 13.0. The van der Waals surface area contributed by atoms with Crippen LogP contribution in [0.4, 0.5) is 11.4 Å². The molecule has 0 saturated carbocycles. The molecule has 0 aliphatic rings. The molecule has 3 aromatic rings. The average molecular weight is 622 g/mol. The van der Waals surface area contributed by atoms with E-state index in [1.54, 1.807) is 39.0 Å². The molecule has 0 bridgehead atoms. The number of nitro groups is 1. The van der Waals surface area contributed by atoms with Crippen molar-refractivity contribution in [1.82, 2.24) is 10.2 Å². The molecule has 0 heterocycles. The van der Waals surface area contributed by atoms with E-state index in [1.807, 2.05) is 0 Å². The number of anilines is 1. The number of hydrogen-bond donors (Lipinski definition) is 1. The quantitative estimate of drug-likeness (QED) is 0.238. The molecule has 41 heavy (non-hydrogen) atoms. The Bertz CT molecular complexity index is 1530. The molecule has 0 unspecified atom stereocenters. The minimum Gasteiger partial charge on any atom is -0.350 e. The normalized spacial score (nSPS) is 12.3. The Morgan fingerprint density at radius 3 is 2.15 bits per heavy atom. The second-order valence-electron chi connectivity index (χ2n) is 10.3. The van der Waals surface area contributed by atoms with E-state index in [-0.39, 0.29) is 27.8 Å². The lowest BCUT2D eigenvalue weighted by Crippen LogP contribution is -2.54. The standard InChI is InChI=1S/C28H30Cl2N4O6S/c1-19(27(36)31-28(2,3)4)32(17-20-10-11-21(29)16-25(20)30)26(35)18-33(22-12-14-23(15-13-22)34(37)38)41(39,40)24-8-6-5-7-9-24/h5-16,19H,17-18H2,1-4H3,(H,31,36)/t19-/m1/s1. The van der Waals surface area contributed by atoms with Crippen LogP contribution in [0.3, 0.4) is 0 Å². The molecule has 0 aliphatic carbocycles. The molecule has 0 fully saturated rings. The topological polar surface area (TPSA) is 130 Å². The number of non-ortho nitro benzene ring substituents is 1. The van der Waals surface area contributed by atoms with Gasteiger partial charge >= 0.3 is 0 Å². The first-order valence-electron chi connectivity index (χ1n) is 12.5. The van der Waals surface area contributed by atoms with Crippen LogP contribution in [0.2, 0.25) is 10.0 Å². The highest BCUT2D eigenvalue weighted by molar-refractivity contribution is 7.92. The van der Waals surface area contributed by atoms with E-state index in [0.717, 1.165) is 16.4 Å². The van der Waals surface area contributed by atoms with Gasteiger partial charge in [0.25, 0.3) is 15.7 Å². The Labute approximate surface area is 249 Å². The molecular weight excluding hydrogens is 591 g/mol. The van der Waals surface area contributed by atoms with Crippen molar-refractivity contribution in [2.45, 2.75) is 50.7 Å². The maximum absolute atomic E-state index is 13.9. The summed E-state index contributed by atoms with van der Waals surface area (Å²) in [5, 5.41) is 14.7. The van der Waals surface area contributed by atoms with Crippen LogP contribution >= 0.6 is 23.2 Å². The largest absolute Gasteiger partial charge is 0.350 e. The zero-order chi connectivity index (χ0) is 30.5. The van der Waals surface area contributed by atoms with Gasteiger partial charge in [-0.1, -0.05) is 47.5 Å². The number of carbonyl (C=O) groups excluding carboxylic acids is 2. The summed E-state index contributed by atoms with van der Waals surface area (Å²) >= 11 is 12.4. The Morgan fingerprint density at radius 2 is 1.61 bits per heavy atom. The summed E-state index contributed by atoms with van der Waals surface area (Å²) in [7, 11) is -4.31. The maximum Gasteiger partial charge on any atom is 0.269 e. The van der Waals surface area contributed by atoms with Crippen molar-refractivity contribution < 1.29 is 22.9 Å². The number of amides is 2. The number of nitrogens with one attached hydrogen (secondary N) is 1. The molecule has 0 aromatic heterocycles. The van der Waals surface area contributed by atoms with Crippen molar-refractivity contribution in [3.63, 3.8) is 0 Å². The first-order chi connectivity index (χ1) is 19.1. The average Bonchev–Trinajstić information content (AvgIpc) is 2.90. The van der Waals surface area contributed by atoms with E-state index in [1.165, 1.54) is 54.3 Å². The van der Waals surface area contributed by atoms with Crippen LogP contribution in [-0.2, 0) is 26.2 Å². The zero-order valence-corrected chi connectivity index (χ0v) is 25.2. The summed E-state index contributed by atoms with van der Waals surface area (Å²) in [6.45, 7) is 6.10. The van der Waals surface area contributed by atoms with Crippen LogP contribution in [0.15, 0.2) is 77.7 Å². The minimum atomic E-state index is -4.31. The summed E-state index contributed by atoms with van der Waals surface area (Å²) in [6.07, 6.45) is 0. The number of halogens is 2. The SMILES string of the molecule is C[C@H](C(=O)NC(C)(C)C)N(Cc1ccc(Cl)cc1Cl)C(=O)CN(c1ccc([N+](=O)[O-])cc1)S(=O)(=O)c1ccccc1. The molecule has 2 amide bonds. The van der Waals surface area contributed by atoms with E-state index >= 15 is 0 Å². The first-order valence-corrected chi connectivity index (χ1v) is 14.7. The molecule has 1 atom stereocenters. The molecule has 0 spiro atoms. The third-order valence-corrected chi connectivity index (χ3v) is 8.35. The van der Waals surface area contributed by atoms with Gasteiger partial charge in [0.05, 0.1) is 15.5 Å². The van der Waals surface area contributed by atoms with Gasteiger partial charge in [-0.25, -0.2) is 8.42 Å². The number of benzene rings is 3. The van der Waals surface area contributed by atoms with Gasteiger partial charge in [-0.3, -0.25) is 24.0 Å². The van der Waals surface area contributed by atoms with Crippen LogP contribution in [0.1, 0.15) is 33.3 Å². The Kier molecular flexibility index (Phi) is 10.0. The van der Waals surface area contributed by atoms with E-state index in [4.69, 9.17) is 23.2 Å². The van der Waals surface area contributed by atoms with Gasteiger partial charge in [0.2, 0.25) is 11.8 Å². The van der Waals surface area contributed by atoms with Crippen molar-refractivity contribution in [3.05, 3.63) is 98.5 Å². The predicted molar refractivity (Wildman–Crippen MR) is 158 cm³/mol.